The maximum Gasteiger partial charge on any atom is 0.317 e. The molecule has 19 heteroatoms. The van der Waals surface area contributed by atoms with Gasteiger partial charge in [0.15, 0.2) is 5.78 Å². The Labute approximate surface area is 350 Å². The molecule has 1 rings (SSSR count). The lowest BCUT2D eigenvalue weighted by atomic mass is 10.1. The first kappa shape index (κ1) is 53.9. The molecule has 1 amide bonds. The van der Waals surface area contributed by atoms with E-state index in [0.717, 1.165) is 19.4 Å². The van der Waals surface area contributed by atoms with Gasteiger partial charge in [-0.3, -0.25) is 48.4 Å². The lowest BCUT2D eigenvalue weighted by molar-refractivity contribution is -0.140. The number of unbranched alkanes of at least 4 members (excludes halogenated alkanes) is 2. The molecule has 1 aliphatic rings. The fourth-order valence-corrected chi connectivity index (χ4v) is 6.17. The highest BCUT2D eigenvalue weighted by molar-refractivity contribution is 5.85. The number of carbonyl (C=O) groups excluding carboxylic acids is 3. The topological polar surface area (TPSA) is 225 Å². The molecule has 0 atom stereocenters. The molecule has 1 heterocycles. The first-order chi connectivity index (χ1) is 28.4. The maximum atomic E-state index is 12.9. The summed E-state index contributed by atoms with van der Waals surface area (Å²) in [6.07, 6.45) is 5.13. The van der Waals surface area contributed by atoms with E-state index >= 15 is 0 Å². The first-order valence-corrected chi connectivity index (χ1v) is 21.1. The van der Waals surface area contributed by atoms with Gasteiger partial charge in [-0.1, -0.05) is 6.92 Å². The number of Topliss-reactive ketones (excluding diaryl/α,β-unsaturated/α-hetero) is 2. The summed E-state index contributed by atoms with van der Waals surface area (Å²) in [6, 6.07) is 0. The summed E-state index contributed by atoms with van der Waals surface area (Å²) < 4.78 is 27.7. The lowest BCUT2D eigenvalue weighted by Crippen LogP contribution is -2.49. The summed E-state index contributed by atoms with van der Waals surface area (Å²) in [5.41, 5.74) is 0. The molecule has 1 aliphatic heterocycles. The van der Waals surface area contributed by atoms with Gasteiger partial charge in [0.1, 0.15) is 5.78 Å². The third-order valence-corrected chi connectivity index (χ3v) is 9.39. The molecular weight excluding hydrogens is 774 g/mol. The highest BCUT2D eigenvalue weighted by Gasteiger charge is 2.21. The molecule has 59 heavy (non-hydrogen) atoms. The van der Waals surface area contributed by atoms with Gasteiger partial charge in [-0.25, -0.2) is 0 Å². The number of ketones is 2. The van der Waals surface area contributed by atoms with Crippen LogP contribution in [0, 0.1) is 0 Å². The van der Waals surface area contributed by atoms with Gasteiger partial charge in [-0.15, -0.1) is 0 Å². The number of ether oxygens (including phenoxy) is 5. The number of amides is 1. The van der Waals surface area contributed by atoms with Gasteiger partial charge in [0.2, 0.25) is 5.91 Å². The van der Waals surface area contributed by atoms with Gasteiger partial charge in [0.25, 0.3) is 0 Å². The summed E-state index contributed by atoms with van der Waals surface area (Å²) in [5, 5.41) is 28.1. The van der Waals surface area contributed by atoms with Crippen LogP contribution >= 0.6 is 0 Å². The van der Waals surface area contributed by atoms with Gasteiger partial charge in [-0.05, 0) is 38.5 Å². The molecule has 342 valence electrons. The minimum Gasteiger partial charge on any atom is -0.480 e. The van der Waals surface area contributed by atoms with Gasteiger partial charge in [0, 0.05) is 105 Å². The van der Waals surface area contributed by atoms with Crippen LogP contribution in [-0.2, 0) is 52.5 Å². The van der Waals surface area contributed by atoms with Crippen LogP contribution in [0.1, 0.15) is 65.2 Å². The van der Waals surface area contributed by atoms with E-state index in [1.54, 1.807) is 19.6 Å². The molecule has 0 aromatic carbocycles. The third kappa shape index (κ3) is 32.3. The van der Waals surface area contributed by atoms with Crippen molar-refractivity contribution in [2.24, 2.45) is 0 Å². The number of carboxylic acid groups (broad SMARTS) is 3. The average Bonchev–Trinajstić information content (AvgIpc) is 3.17. The van der Waals surface area contributed by atoms with Crippen LogP contribution in [0.25, 0.3) is 0 Å². The van der Waals surface area contributed by atoms with Crippen LogP contribution in [0.2, 0.25) is 0 Å². The van der Waals surface area contributed by atoms with Crippen molar-refractivity contribution in [2.75, 3.05) is 158 Å². The van der Waals surface area contributed by atoms with E-state index < -0.39 is 17.9 Å². The summed E-state index contributed by atoms with van der Waals surface area (Å²) in [6.45, 7) is 11.4. The Morgan fingerprint density at radius 1 is 0.458 bits per heavy atom. The van der Waals surface area contributed by atoms with E-state index in [1.165, 1.54) is 6.92 Å². The summed E-state index contributed by atoms with van der Waals surface area (Å²) in [5.74, 6) is -3.07. The molecule has 0 saturated carbocycles. The average molecular weight is 848 g/mol. The Kier molecular flexibility index (Phi) is 32.5. The van der Waals surface area contributed by atoms with E-state index in [2.05, 4.69) is 0 Å². The number of hydrogen-bond acceptors (Lipinski definition) is 15. The smallest absolute Gasteiger partial charge is 0.317 e. The zero-order valence-corrected chi connectivity index (χ0v) is 35.7. The van der Waals surface area contributed by atoms with Crippen LogP contribution in [0.3, 0.4) is 0 Å². The highest BCUT2D eigenvalue weighted by Crippen LogP contribution is 2.05. The van der Waals surface area contributed by atoms with Crippen molar-refractivity contribution in [1.29, 1.82) is 0 Å². The molecule has 1 saturated heterocycles. The second-order valence-electron chi connectivity index (χ2n) is 14.6. The Balaban J connectivity index is 2.20. The minimum atomic E-state index is -1.01. The van der Waals surface area contributed by atoms with Crippen LogP contribution in [0.15, 0.2) is 0 Å². The Morgan fingerprint density at radius 2 is 0.797 bits per heavy atom. The van der Waals surface area contributed by atoms with Crippen molar-refractivity contribution in [1.82, 2.24) is 24.5 Å². The van der Waals surface area contributed by atoms with Crippen molar-refractivity contribution in [3.05, 3.63) is 0 Å². The molecule has 0 bridgehead atoms. The molecule has 3 N–H and O–H groups in total. The Morgan fingerprint density at radius 3 is 1.17 bits per heavy atom. The predicted molar refractivity (Wildman–Crippen MR) is 218 cm³/mol. The zero-order valence-electron chi connectivity index (χ0n) is 35.7. The van der Waals surface area contributed by atoms with Gasteiger partial charge >= 0.3 is 17.9 Å². The largest absolute Gasteiger partial charge is 0.480 e. The molecule has 0 spiro atoms. The molecule has 0 aliphatic carbocycles. The summed E-state index contributed by atoms with van der Waals surface area (Å²) in [4.78, 5) is 80.2. The highest BCUT2D eigenvalue weighted by atomic mass is 16.5. The van der Waals surface area contributed by atoms with Crippen LogP contribution < -0.4 is 0 Å². The van der Waals surface area contributed by atoms with E-state index in [9.17, 15) is 44.1 Å². The number of aliphatic carboxylic acids is 3. The number of nitrogens with zero attached hydrogens (tertiary/aromatic N) is 5. The molecular formula is C40H73N5O14. The molecule has 0 aromatic heterocycles. The summed E-state index contributed by atoms with van der Waals surface area (Å²) >= 11 is 0. The number of carboxylic acids is 3. The minimum absolute atomic E-state index is 0.0274. The van der Waals surface area contributed by atoms with E-state index in [0.29, 0.717) is 157 Å². The van der Waals surface area contributed by atoms with Crippen molar-refractivity contribution in [3.8, 4) is 0 Å². The standard InChI is InChI=1S/C40H73N5O14/c1-3-20-55-24-25-58-23-8-11-45(35(2)46)31-37(48)10-5-7-22-57-27-29-59-28-26-56-21-6-4-9-36(47)30-41-12-14-42(32-38(49)50)16-18-44(34-40(53)54)19-17-43(15-13-41)33-39(51)52/h3-34H2,1-2H3,(H,49,50)(H,51,52)(H,53,54). The number of hydrogen-bond donors (Lipinski definition) is 3. The van der Waals surface area contributed by atoms with Crippen molar-refractivity contribution in [2.45, 2.75) is 65.2 Å². The van der Waals surface area contributed by atoms with E-state index in [4.69, 9.17) is 23.7 Å². The zero-order chi connectivity index (χ0) is 43.5. The quantitative estimate of drug-likeness (QED) is 0.0746. The predicted octanol–water partition coefficient (Wildman–Crippen LogP) is 0.672. The molecule has 19 nitrogen and oxygen atoms in total. The monoisotopic (exact) mass is 848 g/mol. The van der Waals surface area contributed by atoms with Crippen molar-refractivity contribution in [3.63, 3.8) is 0 Å². The molecule has 0 unspecified atom stereocenters. The SMILES string of the molecule is CCCOCCOCCCN(CC(=O)CCCCOCCOCCOCCCCC(=O)CN1CCN(CC(=O)O)CCN(CC(=O)O)CCN(CC(=O)O)CC1)C(C)=O. The second-order valence-corrected chi connectivity index (χ2v) is 14.6. The van der Waals surface area contributed by atoms with Crippen molar-refractivity contribution < 1.29 is 67.8 Å². The third-order valence-electron chi connectivity index (χ3n) is 9.39. The van der Waals surface area contributed by atoms with Crippen molar-refractivity contribution >= 4 is 35.4 Å². The lowest BCUT2D eigenvalue weighted by Gasteiger charge is -2.32. The van der Waals surface area contributed by atoms with Gasteiger partial charge < -0.3 is 43.9 Å². The van der Waals surface area contributed by atoms with E-state index in [1.807, 2.05) is 11.8 Å². The Hall–Kier alpha value is -3.14. The van der Waals surface area contributed by atoms with Gasteiger partial charge in [-0.2, -0.15) is 0 Å². The molecule has 0 aromatic rings. The second kappa shape index (κ2) is 35.6. The van der Waals surface area contributed by atoms with Crippen LogP contribution in [0.4, 0.5) is 0 Å². The Bertz CT molecular complexity index is 1150. The summed E-state index contributed by atoms with van der Waals surface area (Å²) in [7, 11) is 0. The maximum absolute atomic E-state index is 12.9. The molecule has 1 fully saturated rings. The van der Waals surface area contributed by atoms with Crippen LogP contribution in [0.5, 0.6) is 0 Å². The molecule has 0 radical (unpaired) electrons. The first-order valence-electron chi connectivity index (χ1n) is 21.1. The fraction of sp³-hybridized carbons (Fsp3) is 0.850. The fourth-order valence-electron chi connectivity index (χ4n) is 6.17. The number of carbonyl (C=O) groups is 6. The normalized spacial score (nSPS) is 15.4. The van der Waals surface area contributed by atoms with Crippen LogP contribution in [-0.4, -0.2) is 233 Å². The van der Waals surface area contributed by atoms with E-state index in [-0.39, 0.29) is 50.2 Å². The number of rotatable bonds is 35. The van der Waals surface area contributed by atoms with Gasteiger partial charge in [0.05, 0.1) is 72.4 Å².